The lowest BCUT2D eigenvalue weighted by Crippen LogP contribution is -2.06. The van der Waals surface area contributed by atoms with Gasteiger partial charge in [0.05, 0.1) is 32.0 Å². The molecule has 0 radical (unpaired) electrons. The number of rotatable bonds is 32. The second-order valence-electron chi connectivity index (χ2n) is 15.3. The van der Waals surface area contributed by atoms with Crippen LogP contribution in [0.3, 0.4) is 0 Å². The highest BCUT2D eigenvalue weighted by atomic mass is 32.1. The minimum Gasteiger partial charge on any atom is -0.494 e. The molecule has 4 rings (SSSR count). The molecule has 0 atom stereocenters. The zero-order chi connectivity index (χ0) is 41.8. The van der Waals surface area contributed by atoms with Crippen molar-refractivity contribution >= 4 is 40.0 Å². The van der Waals surface area contributed by atoms with Crippen molar-refractivity contribution in [1.29, 1.82) is 0 Å². The number of esters is 3. The number of hydrogen-bond donors (Lipinski definition) is 0. The molecule has 0 fully saturated rings. The molecule has 0 bridgehead atoms. The molecule has 0 spiro atoms. The fraction of sp³-hybridized carbons (Fsp3) is 0.471. The van der Waals surface area contributed by atoms with Crippen LogP contribution in [0.25, 0.3) is 31.7 Å². The van der Waals surface area contributed by atoms with E-state index in [0.29, 0.717) is 25.4 Å². The van der Waals surface area contributed by atoms with Gasteiger partial charge in [-0.3, -0.25) is 0 Å². The van der Waals surface area contributed by atoms with Crippen LogP contribution in [0.4, 0.5) is 0 Å². The van der Waals surface area contributed by atoms with Crippen LogP contribution in [0.2, 0.25) is 0 Å². The molecule has 59 heavy (non-hydrogen) atoms. The topological polar surface area (TPSA) is 88.1 Å². The fourth-order valence-corrected chi connectivity index (χ4v) is 8.04. The van der Waals surface area contributed by atoms with Gasteiger partial charge in [0.2, 0.25) is 0 Å². The fourth-order valence-electron chi connectivity index (χ4n) is 7.03. The maximum Gasteiger partial charge on any atom is 0.338 e. The molecule has 0 amide bonds. The lowest BCUT2D eigenvalue weighted by Gasteiger charge is -2.08. The van der Waals surface area contributed by atoms with Crippen LogP contribution in [0.15, 0.2) is 98.1 Å². The van der Waals surface area contributed by atoms with Crippen LogP contribution < -0.4 is 4.74 Å². The highest BCUT2D eigenvalue weighted by molar-refractivity contribution is 7.18. The van der Waals surface area contributed by atoms with Crippen molar-refractivity contribution in [2.75, 3.05) is 26.4 Å². The molecular formula is C51H66O7S. The third kappa shape index (κ3) is 18.8. The Hall–Kier alpha value is -4.69. The van der Waals surface area contributed by atoms with Crippen LogP contribution in [0.1, 0.15) is 139 Å². The van der Waals surface area contributed by atoms with E-state index in [2.05, 4.69) is 67.8 Å². The molecule has 0 saturated heterocycles. The maximum absolute atomic E-state index is 12.8. The van der Waals surface area contributed by atoms with Gasteiger partial charge in [0.1, 0.15) is 5.75 Å². The van der Waals surface area contributed by atoms with E-state index >= 15 is 0 Å². The Kier molecular flexibility index (Phi) is 22.8. The highest BCUT2D eigenvalue weighted by Crippen LogP contribution is 2.36. The molecule has 0 aliphatic rings. The van der Waals surface area contributed by atoms with Gasteiger partial charge in [-0.05, 0) is 102 Å². The first-order chi connectivity index (χ1) is 29.0. The second kappa shape index (κ2) is 28.7. The summed E-state index contributed by atoms with van der Waals surface area (Å²) in [5, 5.41) is 2.12. The van der Waals surface area contributed by atoms with E-state index < -0.39 is 0 Å². The molecule has 0 saturated carbocycles. The highest BCUT2D eigenvalue weighted by Gasteiger charge is 2.11. The molecule has 1 heterocycles. The molecule has 0 aliphatic carbocycles. The van der Waals surface area contributed by atoms with Gasteiger partial charge >= 0.3 is 17.9 Å². The van der Waals surface area contributed by atoms with Gasteiger partial charge in [-0.25, -0.2) is 14.4 Å². The zero-order valence-corrected chi connectivity index (χ0v) is 36.1. The van der Waals surface area contributed by atoms with E-state index in [-0.39, 0.29) is 17.9 Å². The van der Waals surface area contributed by atoms with E-state index in [1.54, 1.807) is 11.3 Å². The van der Waals surface area contributed by atoms with Crippen molar-refractivity contribution < 1.29 is 33.3 Å². The molecule has 8 heteroatoms. The molecule has 318 valence electrons. The summed E-state index contributed by atoms with van der Waals surface area (Å²) < 4.78 is 21.7. The number of carbonyl (C=O) groups is 3. The van der Waals surface area contributed by atoms with E-state index in [4.69, 9.17) is 18.9 Å². The minimum atomic E-state index is -0.342. The lowest BCUT2D eigenvalue weighted by molar-refractivity contribution is -0.138. The number of carbonyl (C=O) groups excluding carboxylic acids is 3. The van der Waals surface area contributed by atoms with E-state index in [1.807, 2.05) is 18.2 Å². The van der Waals surface area contributed by atoms with Crippen LogP contribution in [-0.4, -0.2) is 44.3 Å². The number of hydrogen-bond acceptors (Lipinski definition) is 8. The molecule has 0 unspecified atom stereocenters. The summed E-state index contributed by atoms with van der Waals surface area (Å²) in [6.07, 6.45) is 25.4. The Balaban J connectivity index is 1.05. The molecule has 7 nitrogen and oxygen atoms in total. The lowest BCUT2D eigenvalue weighted by atomic mass is 10.0. The number of thiophene rings is 1. The maximum atomic E-state index is 12.8. The molecular weight excluding hydrogens is 757 g/mol. The first-order valence-corrected chi connectivity index (χ1v) is 22.9. The Morgan fingerprint density at radius 3 is 1.36 bits per heavy atom. The quantitative estimate of drug-likeness (QED) is 0.0210. The van der Waals surface area contributed by atoms with Crippen molar-refractivity contribution in [2.24, 2.45) is 0 Å². The van der Waals surface area contributed by atoms with Crippen molar-refractivity contribution in [2.45, 2.75) is 128 Å². The third-order valence-electron chi connectivity index (χ3n) is 10.5. The predicted molar refractivity (Wildman–Crippen MR) is 243 cm³/mol. The SMILES string of the molecule is C=CC(=O)OCCCCCCCCCCCCOC(=O)c1ccc2cc(-c3ccc(-c4ccc(OCCCCCCCCCCCCOC(=O)C=C)cc4)s3)ccc2c1. The van der Waals surface area contributed by atoms with Gasteiger partial charge in [-0.1, -0.05) is 134 Å². The summed E-state index contributed by atoms with van der Waals surface area (Å²) in [6, 6.07) is 25.0. The number of fused-ring (bicyclic) bond motifs is 1. The van der Waals surface area contributed by atoms with Gasteiger partial charge in [0.25, 0.3) is 0 Å². The Bertz CT molecular complexity index is 1840. The van der Waals surface area contributed by atoms with Gasteiger partial charge in [-0.15, -0.1) is 11.3 Å². The molecule has 4 aromatic rings. The van der Waals surface area contributed by atoms with Crippen molar-refractivity contribution in [1.82, 2.24) is 0 Å². The first-order valence-electron chi connectivity index (χ1n) is 22.1. The van der Waals surface area contributed by atoms with E-state index in [0.717, 1.165) is 80.1 Å². The van der Waals surface area contributed by atoms with Crippen molar-refractivity contribution in [3.63, 3.8) is 0 Å². The molecule has 3 aromatic carbocycles. The normalized spacial score (nSPS) is 11.0. The average Bonchev–Trinajstić information content (AvgIpc) is 3.76. The zero-order valence-electron chi connectivity index (χ0n) is 35.2. The summed E-state index contributed by atoms with van der Waals surface area (Å²) in [5.74, 6) is -0.0202. The average molecular weight is 823 g/mol. The van der Waals surface area contributed by atoms with Crippen LogP contribution >= 0.6 is 11.3 Å². The van der Waals surface area contributed by atoms with Crippen molar-refractivity contribution in [3.05, 3.63) is 104 Å². The molecule has 1 aromatic heterocycles. The predicted octanol–water partition coefficient (Wildman–Crippen LogP) is 14.0. The second-order valence-corrected chi connectivity index (χ2v) is 16.3. The van der Waals surface area contributed by atoms with Gasteiger partial charge in [0, 0.05) is 21.9 Å². The van der Waals surface area contributed by atoms with Gasteiger partial charge < -0.3 is 18.9 Å². The Morgan fingerprint density at radius 1 is 0.441 bits per heavy atom. The number of ether oxygens (including phenoxy) is 4. The summed E-state index contributed by atoms with van der Waals surface area (Å²) in [7, 11) is 0. The van der Waals surface area contributed by atoms with Gasteiger partial charge in [0.15, 0.2) is 0 Å². The number of benzene rings is 3. The van der Waals surface area contributed by atoms with E-state index in [9.17, 15) is 14.4 Å². The Morgan fingerprint density at radius 2 is 0.847 bits per heavy atom. The van der Waals surface area contributed by atoms with Crippen LogP contribution in [0, 0.1) is 0 Å². The molecule has 0 aliphatic heterocycles. The summed E-state index contributed by atoms with van der Waals surface area (Å²) in [4.78, 5) is 37.3. The van der Waals surface area contributed by atoms with Gasteiger partial charge in [-0.2, -0.15) is 0 Å². The smallest absolute Gasteiger partial charge is 0.338 e. The van der Waals surface area contributed by atoms with Crippen LogP contribution in [-0.2, 0) is 23.8 Å². The summed E-state index contributed by atoms with van der Waals surface area (Å²) in [5.41, 5.74) is 2.93. The summed E-state index contributed by atoms with van der Waals surface area (Å²) >= 11 is 1.78. The summed E-state index contributed by atoms with van der Waals surface area (Å²) in [6.45, 7) is 8.99. The van der Waals surface area contributed by atoms with Crippen molar-refractivity contribution in [3.8, 4) is 26.6 Å². The third-order valence-corrected chi connectivity index (χ3v) is 11.7. The largest absolute Gasteiger partial charge is 0.494 e. The Labute approximate surface area is 357 Å². The minimum absolute atomic E-state index is 0.261. The monoisotopic (exact) mass is 822 g/mol. The number of unbranched alkanes of at least 4 members (excludes halogenated alkanes) is 18. The van der Waals surface area contributed by atoms with Crippen LogP contribution in [0.5, 0.6) is 5.75 Å². The standard InChI is InChI=1S/C51H66O7S/c1-3-49(52)56-36-22-18-14-10-6-5-9-13-17-21-35-55-46-31-29-41(30-32-46)47-33-34-48(59-47)44-27-25-43-40-45(28-26-42(43)39-44)51(54)58-38-24-20-16-12-8-7-11-15-19-23-37-57-50(53)4-2/h3-4,25-34,39-40H,1-2,5-24,35-38H2. The van der Waals surface area contributed by atoms with E-state index in [1.165, 1.54) is 105 Å². The molecule has 0 N–H and O–H groups in total. The first kappa shape index (κ1) is 47.0.